The lowest BCUT2D eigenvalue weighted by atomic mass is 10.1. The molecule has 0 radical (unpaired) electrons. The Morgan fingerprint density at radius 3 is 2.76 bits per heavy atom. The predicted octanol–water partition coefficient (Wildman–Crippen LogP) is 2.77. The molecule has 136 valence electrons. The summed E-state index contributed by atoms with van der Waals surface area (Å²) in [7, 11) is 3.23. The summed E-state index contributed by atoms with van der Waals surface area (Å²) in [5.41, 5.74) is 1.15. The Bertz CT molecular complexity index is 731. The van der Waals surface area contributed by atoms with E-state index < -0.39 is 5.82 Å². The van der Waals surface area contributed by atoms with Gasteiger partial charge in [0.1, 0.15) is 6.33 Å². The number of rotatable bonds is 3. The van der Waals surface area contributed by atoms with Crippen molar-refractivity contribution in [1.82, 2.24) is 19.8 Å². The zero-order chi connectivity index (χ0) is 17.1. The molecule has 1 N–H and O–H groups in total. The molecule has 0 bridgehead atoms. The Morgan fingerprint density at radius 1 is 1.40 bits per heavy atom. The van der Waals surface area contributed by atoms with E-state index in [1.165, 1.54) is 24.1 Å². The molecule has 1 aromatic heterocycles. The van der Waals surface area contributed by atoms with Gasteiger partial charge in [-0.1, -0.05) is 0 Å². The second-order valence-corrected chi connectivity index (χ2v) is 5.89. The number of nitrogens with one attached hydrogen (secondary N) is 1. The minimum Gasteiger partial charge on any atom is -0.494 e. The Kier molecular flexibility index (Phi) is 6.39. The summed E-state index contributed by atoms with van der Waals surface area (Å²) in [6.45, 7) is 1.84. The van der Waals surface area contributed by atoms with Crippen molar-refractivity contribution in [3.8, 4) is 17.0 Å². The molecular weight excluding hydrogens is 347 g/mol. The lowest BCUT2D eigenvalue weighted by molar-refractivity contribution is 0.178. The van der Waals surface area contributed by atoms with Crippen LogP contribution in [-0.2, 0) is 0 Å². The highest BCUT2D eigenvalue weighted by molar-refractivity contribution is 5.85. The van der Waals surface area contributed by atoms with Gasteiger partial charge in [-0.2, -0.15) is 0 Å². The third-order valence-corrected chi connectivity index (χ3v) is 4.41. The van der Waals surface area contributed by atoms with Crippen LogP contribution in [0.15, 0.2) is 30.7 Å². The molecule has 1 aromatic carbocycles. The van der Waals surface area contributed by atoms with Crippen molar-refractivity contribution in [2.45, 2.75) is 18.9 Å². The van der Waals surface area contributed by atoms with Crippen molar-refractivity contribution in [1.29, 1.82) is 0 Å². The van der Waals surface area contributed by atoms with Gasteiger partial charge in [0.05, 0.1) is 12.8 Å². The van der Waals surface area contributed by atoms with E-state index in [2.05, 4.69) is 10.3 Å². The molecule has 1 aliphatic heterocycles. The second kappa shape index (κ2) is 8.31. The first kappa shape index (κ1) is 19.2. The zero-order valence-electron chi connectivity index (χ0n) is 14.2. The van der Waals surface area contributed by atoms with Gasteiger partial charge >= 0.3 is 6.03 Å². The van der Waals surface area contributed by atoms with Crippen LogP contribution >= 0.6 is 12.4 Å². The van der Waals surface area contributed by atoms with Crippen LogP contribution in [0.1, 0.15) is 12.8 Å². The van der Waals surface area contributed by atoms with E-state index in [-0.39, 0.29) is 30.2 Å². The summed E-state index contributed by atoms with van der Waals surface area (Å²) in [6.07, 6.45) is 4.97. The van der Waals surface area contributed by atoms with E-state index in [0.717, 1.165) is 25.9 Å². The first-order valence-electron chi connectivity index (χ1n) is 7.96. The first-order valence-corrected chi connectivity index (χ1v) is 7.96. The number of hydrogen-bond acceptors (Lipinski definition) is 4. The van der Waals surface area contributed by atoms with Gasteiger partial charge in [0, 0.05) is 24.8 Å². The predicted molar refractivity (Wildman–Crippen MR) is 95.9 cm³/mol. The fourth-order valence-corrected chi connectivity index (χ4v) is 2.93. The third kappa shape index (κ3) is 4.11. The van der Waals surface area contributed by atoms with Crippen molar-refractivity contribution in [2.75, 3.05) is 27.2 Å². The van der Waals surface area contributed by atoms with Gasteiger partial charge in [-0.05, 0) is 44.1 Å². The summed E-state index contributed by atoms with van der Waals surface area (Å²) >= 11 is 0. The Labute approximate surface area is 152 Å². The zero-order valence-corrected chi connectivity index (χ0v) is 15.1. The number of methoxy groups -OCH3 is 1. The fourth-order valence-electron chi connectivity index (χ4n) is 2.93. The van der Waals surface area contributed by atoms with Crippen LogP contribution in [0.2, 0.25) is 0 Å². The van der Waals surface area contributed by atoms with E-state index in [1.54, 1.807) is 23.2 Å². The van der Waals surface area contributed by atoms with Gasteiger partial charge in [-0.25, -0.2) is 14.2 Å². The van der Waals surface area contributed by atoms with Crippen LogP contribution in [0.5, 0.6) is 5.75 Å². The summed E-state index contributed by atoms with van der Waals surface area (Å²) in [5.74, 6) is -0.275. The molecule has 8 heteroatoms. The molecule has 25 heavy (non-hydrogen) atoms. The van der Waals surface area contributed by atoms with Crippen LogP contribution in [-0.4, -0.2) is 53.8 Å². The maximum Gasteiger partial charge on any atom is 0.329 e. The quantitative estimate of drug-likeness (QED) is 0.905. The average Bonchev–Trinajstić information content (AvgIpc) is 3.11. The molecule has 0 spiro atoms. The first-order chi connectivity index (χ1) is 11.6. The Hall–Kier alpha value is -2.12. The highest BCUT2D eigenvalue weighted by Gasteiger charge is 2.23. The maximum absolute atomic E-state index is 13.8. The van der Waals surface area contributed by atoms with Gasteiger partial charge in [-0.15, -0.1) is 12.4 Å². The van der Waals surface area contributed by atoms with Crippen molar-refractivity contribution < 1.29 is 13.9 Å². The van der Waals surface area contributed by atoms with E-state index in [1.807, 2.05) is 7.05 Å². The molecule has 3 rings (SSSR count). The monoisotopic (exact) mass is 368 g/mol. The number of ether oxygens (including phenoxy) is 1. The third-order valence-electron chi connectivity index (χ3n) is 4.41. The van der Waals surface area contributed by atoms with Crippen molar-refractivity contribution in [2.24, 2.45) is 0 Å². The highest BCUT2D eigenvalue weighted by Crippen LogP contribution is 2.24. The van der Waals surface area contributed by atoms with Crippen LogP contribution < -0.4 is 10.1 Å². The van der Waals surface area contributed by atoms with Crippen LogP contribution in [0.3, 0.4) is 0 Å². The lowest BCUT2D eigenvalue weighted by Crippen LogP contribution is -2.45. The van der Waals surface area contributed by atoms with E-state index >= 15 is 0 Å². The van der Waals surface area contributed by atoms with E-state index in [4.69, 9.17) is 4.74 Å². The summed E-state index contributed by atoms with van der Waals surface area (Å²) < 4.78 is 20.2. The molecule has 0 aliphatic carbocycles. The smallest absolute Gasteiger partial charge is 0.329 e. The molecule has 1 fully saturated rings. The van der Waals surface area contributed by atoms with Gasteiger partial charge in [0.15, 0.2) is 11.6 Å². The summed E-state index contributed by atoms with van der Waals surface area (Å²) in [6, 6.07) is 4.71. The number of piperidine rings is 1. The number of benzene rings is 1. The largest absolute Gasteiger partial charge is 0.494 e. The summed E-state index contributed by atoms with van der Waals surface area (Å²) in [4.78, 5) is 18.6. The number of imidazole rings is 1. The molecule has 2 heterocycles. The number of carbonyl (C=O) groups excluding carboxylic acids is 1. The SMILES string of the molecule is COc1ccc(-c2cn(C(=O)N(C)C3CCNCC3)cn2)cc1F.Cl. The number of aromatic nitrogens is 2. The van der Waals surface area contributed by atoms with Crippen LogP contribution in [0.4, 0.5) is 9.18 Å². The number of nitrogens with zero attached hydrogens (tertiary/aromatic N) is 3. The van der Waals surface area contributed by atoms with Crippen molar-refractivity contribution >= 4 is 18.4 Å². The van der Waals surface area contributed by atoms with E-state index in [0.29, 0.717) is 11.3 Å². The topological polar surface area (TPSA) is 59.4 Å². The number of halogens is 2. The summed E-state index contributed by atoms with van der Waals surface area (Å²) in [5, 5.41) is 3.29. The second-order valence-electron chi connectivity index (χ2n) is 5.89. The maximum atomic E-state index is 13.8. The molecule has 1 saturated heterocycles. The molecule has 0 unspecified atom stereocenters. The lowest BCUT2D eigenvalue weighted by Gasteiger charge is -2.31. The van der Waals surface area contributed by atoms with Gasteiger partial charge in [0.2, 0.25) is 0 Å². The van der Waals surface area contributed by atoms with E-state index in [9.17, 15) is 9.18 Å². The highest BCUT2D eigenvalue weighted by atomic mass is 35.5. The molecule has 1 amide bonds. The van der Waals surface area contributed by atoms with Crippen LogP contribution in [0, 0.1) is 5.82 Å². The number of carbonyl (C=O) groups is 1. The average molecular weight is 369 g/mol. The molecule has 2 aromatic rings. The normalized spacial score (nSPS) is 14.7. The van der Waals surface area contributed by atoms with Crippen LogP contribution in [0.25, 0.3) is 11.3 Å². The number of amides is 1. The molecular formula is C17H22ClFN4O2. The Morgan fingerprint density at radius 2 is 2.12 bits per heavy atom. The molecule has 0 atom stereocenters. The standard InChI is InChI=1S/C17H21FN4O2.ClH/c1-21(13-5-7-19-8-6-13)17(23)22-10-15(20-11-22)12-3-4-16(24-2)14(18)9-12;/h3-4,9-11,13,19H,5-8H2,1-2H3;1H. The van der Waals surface area contributed by atoms with Gasteiger partial charge in [0.25, 0.3) is 0 Å². The molecule has 6 nitrogen and oxygen atoms in total. The van der Waals surface area contributed by atoms with Gasteiger partial charge in [-0.3, -0.25) is 4.57 Å². The minimum atomic E-state index is -0.456. The van der Waals surface area contributed by atoms with Gasteiger partial charge < -0.3 is 15.0 Å². The fraction of sp³-hybridized carbons (Fsp3) is 0.412. The molecule has 1 aliphatic rings. The Balaban J connectivity index is 0.00000225. The minimum absolute atomic E-state index is 0. The van der Waals surface area contributed by atoms with Crippen molar-refractivity contribution in [3.05, 3.63) is 36.5 Å². The van der Waals surface area contributed by atoms with Crippen molar-refractivity contribution in [3.63, 3.8) is 0 Å². The molecule has 0 saturated carbocycles. The number of hydrogen-bond donors (Lipinski definition) is 1.